The van der Waals surface area contributed by atoms with Crippen molar-refractivity contribution in [3.8, 4) is 11.4 Å². The van der Waals surface area contributed by atoms with E-state index in [0.717, 1.165) is 0 Å². The average molecular weight is 397 g/mol. The molecule has 4 rings (SSSR count). The van der Waals surface area contributed by atoms with Gasteiger partial charge in [0.2, 0.25) is 5.82 Å². The highest BCUT2D eigenvalue weighted by Crippen LogP contribution is 2.25. The molecule has 2 aromatic heterocycles. The van der Waals surface area contributed by atoms with Gasteiger partial charge < -0.3 is 9.26 Å². The summed E-state index contributed by atoms with van der Waals surface area (Å²) in [6.45, 7) is -0.183. The Labute approximate surface area is 163 Å². The van der Waals surface area contributed by atoms with Crippen LogP contribution in [0.25, 0.3) is 22.2 Å². The van der Waals surface area contributed by atoms with Gasteiger partial charge in [-0.3, -0.25) is 9.59 Å². The topological polar surface area (TPSA) is 111 Å². The predicted molar refractivity (Wildman–Crippen MR) is 101 cm³/mol. The van der Waals surface area contributed by atoms with E-state index in [9.17, 15) is 9.59 Å². The van der Waals surface area contributed by atoms with Gasteiger partial charge in [0, 0.05) is 10.9 Å². The van der Waals surface area contributed by atoms with Gasteiger partial charge in [0.25, 0.3) is 11.4 Å². The Morgan fingerprint density at radius 2 is 1.86 bits per heavy atom. The predicted octanol–water partition coefficient (Wildman–Crippen LogP) is 2.91. The van der Waals surface area contributed by atoms with Crippen LogP contribution in [0.15, 0.2) is 57.8 Å². The van der Waals surface area contributed by atoms with Gasteiger partial charge in [0.05, 0.1) is 22.5 Å². The first kappa shape index (κ1) is 17.9. The molecule has 0 fully saturated rings. The molecule has 0 amide bonds. The summed E-state index contributed by atoms with van der Waals surface area (Å²) in [4.78, 5) is 28.2. The number of benzene rings is 2. The summed E-state index contributed by atoms with van der Waals surface area (Å²) in [5, 5.41) is 11.7. The van der Waals surface area contributed by atoms with Crippen molar-refractivity contribution in [2.24, 2.45) is 0 Å². The van der Waals surface area contributed by atoms with Gasteiger partial charge in [0.15, 0.2) is 6.61 Å². The van der Waals surface area contributed by atoms with E-state index in [1.165, 1.54) is 0 Å². The summed E-state index contributed by atoms with van der Waals surface area (Å²) in [6, 6.07) is 14.0. The number of rotatable bonds is 5. The van der Waals surface area contributed by atoms with E-state index >= 15 is 0 Å². The third-order valence-electron chi connectivity index (χ3n) is 4.03. The minimum absolute atomic E-state index is 0.108. The van der Waals surface area contributed by atoms with Crippen molar-refractivity contribution < 1.29 is 14.1 Å². The first-order valence-corrected chi connectivity index (χ1v) is 8.69. The minimum atomic E-state index is -0.540. The maximum Gasteiger partial charge on any atom is 0.312 e. The van der Waals surface area contributed by atoms with E-state index in [1.54, 1.807) is 48.5 Å². The van der Waals surface area contributed by atoms with Crippen molar-refractivity contribution in [1.82, 2.24) is 20.3 Å². The number of H-pyrrole nitrogens is 1. The maximum atomic E-state index is 12.2. The van der Waals surface area contributed by atoms with Gasteiger partial charge in [0.1, 0.15) is 0 Å². The fourth-order valence-electron chi connectivity index (χ4n) is 2.70. The van der Waals surface area contributed by atoms with Crippen LogP contribution in [-0.4, -0.2) is 26.3 Å². The number of hydrogen-bond donors (Lipinski definition) is 1. The molecule has 0 bridgehead atoms. The molecule has 8 nitrogen and oxygen atoms in total. The molecule has 0 aliphatic heterocycles. The lowest BCUT2D eigenvalue weighted by Crippen LogP contribution is -2.15. The Kier molecular flexibility index (Phi) is 4.86. The number of hydrogen-bond acceptors (Lipinski definition) is 7. The number of fused-ring (bicyclic) bond motifs is 1. The van der Waals surface area contributed by atoms with Gasteiger partial charge in [-0.25, -0.2) is 5.10 Å². The normalized spacial score (nSPS) is 10.9. The van der Waals surface area contributed by atoms with E-state index in [2.05, 4.69) is 20.3 Å². The van der Waals surface area contributed by atoms with Gasteiger partial charge >= 0.3 is 5.97 Å². The highest BCUT2D eigenvalue weighted by Gasteiger charge is 2.15. The summed E-state index contributed by atoms with van der Waals surface area (Å²) in [7, 11) is 0. The monoisotopic (exact) mass is 396 g/mol. The van der Waals surface area contributed by atoms with Gasteiger partial charge in [-0.1, -0.05) is 47.1 Å². The molecule has 0 saturated carbocycles. The van der Waals surface area contributed by atoms with Crippen LogP contribution < -0.4 is 5.56 Å². The number of carbonyl (C=O) groups excluding carboxylic acids is 1. The Balaban J connectivity index is 1.44. The number of nitrogens with one attached hydrogen (secondary N) is 1. The second-order valence-corrected chi connectivity index (χ2v) is 6.28. The number of ether oxygens (including phenoxy) is 1. The summed E-state index contributed by atoms with van der Waals surface area (Å²) < 4.78 is 10.3. The highest BCUT2D eigenvalue weighted by atomic mass is 35.5. The zero-order valence-electron chi connectivity index (χ0n) is 14.4. The molecule has 0 aliphatic carbocycles. The van der Waals surface area contributed by atoms with Crippen LogP contribution in [0.5, 0.6) is 0 Å². The Bertz CT molecular complexity index is 1220. The standard InChI is InChI=1S/C19H13ClN4O4/c20-14-8-4-3-7-13(14)18-21-16(28-24-18)10-27-17(25)9-15-11-5-1-2-6-12(11)19(26)23-22-15/h1-8H,9-10H2,(H,23,26). The molecule has 0 saturated heterocycles. The molecule has 0 unspecified atom stereocenters. The Hall–Kier alpha value is -3.52. The van der Waals surface area contributed by atoms with Crippen molar-refractivity contribution in [1.29, 1.82) is 0 Å². The van der Waals surface area contributed by atoms with Crippen molar-refractivity contribution in [3.05, 3.63) is 75.5 Å². The fraction of sp³-hybridized carbons (Fsp3) is 0.105. The van der Waals surface area contributed by atoms with Crippen LogP contribution in [0.4, 0.5) is 0 Å². The number of aromatic amines is 1. The van der Waals surface area contributed by atoms with Gasteiger partial charge in [-0.15, -0.1) is 0 Å². The van der Waals surface area contributed by atoms with Crippen LogP contribution >= 0.6 is 11.6 Å². The molecular weight excluding hydrogens is 384 g/mol. The molecule has 2 heterocycles. The number of carbonyl (C=O) groups is 1. The van der Waals surface area contributed by atoms with Crippen LogP contribution in [0.3, 0.4) is 0 Å². The first-order chi connectivity index (χ1) is 13.6. The number of halogens is 1. The lowest BCUT2D eigenvalue weighted by atomic mass is 10.1. The maximum absolute atomic E-state index is 12.2. The molecule has 4 aromatic rings. The number of esters is 1. The molecule has 0 atom stereocenters. The molecule has 140 valence electrons. The lowest BCUT2D eigenvalue weighted by Gasteiger charge is -2.04. The van der Waals surface area contributed by atoms with Crippen molar-refractivity contribution in [2.75, 3.05) is 0 Å². The van der Waals surface area contributed by atoms with Crippen LogP contribution in [0.2, 0.25) is 5.02 Å². The van der Waals surface area contributed by atoms with Crippen molar-refractivity contribution >= 4 is 28.3 Å². The van der Waals surface area contributed by atoms with E-state index in [0.29, 0.717) is 32.9 Å². The third-order valence-corrected chi connectivity index (χ3v) is 4.36. The smallest absolute Gasteiger partial charge is 0.312 e. The zero-order valence-corrected chi connectivity index (χ0v) is 15.1. The molecular formula is C19H13ClN4O4. The minimum Gasteiger partial charge on any atom is -0.455 e. The molecule has 0 spiro atoms. The number of nitrogens with zero attached hydrogens (tertiary/aromatic N) is 3. The van der Waals surface area contributed by atoms with E-state index < -0.39 is 5.97 Å². The van der Waals surface area contributed by atoms with Crippen LogP contribution in [0, 0.1) is 0 Å². The summed E-state index contributed by atoms with van der Waals surface area (Å²) in [5.74, 6) is -0.0882. The largest absolute Gasteiger partial charge is 0.455 e. The highest BCUT2D eigenvalue weighted by molar-refractivity contribution is 6.33. The van der Waals surface area contributed by atoms with E-state index in [-0.39, 0.29) is 24.5 Å². The SMILES string of the molecule is O=C(Cc1n[nH]c(=O)c2ccccc12)OCc1nc(-c2ccccc2Cl)no1. The summed E-state index contributed by atoms with van der Waals surface area (Å²) in [6.07, 6.45) is -0.108. The second-order valence-electron chi connectivity index (χ2n) is 5.87. The van der Waals surface area contributed by atoms with E-state index in [4.69, 9.17) is 20.9 Å². The molecule has 28 heavy (non-hydrogen) atoms. The van der Waals surface area contributed by atoms with Crippen LogP contribution in [0.1, 0.15) is 11.6 Å². The van der Waals surface area contributed by atoms with Gasteiger partial charge in [-0.2, -0.15) is 10.1 Å². The Morgan fingerprint density at radius 3 is 2.68 bits per heavy atom. The molecule has 2 aromatic carbocycles. The average Bonchev–Trinajstić information content (AvgIpc) is 3.18. The van der Waals surface area contributed by atoms with Gasteiger partial charge in [-0.05, 0) is 18.2 Å². The molecule has 0 radical (unpaired) electrons. The molecule has 9 heteroatoms. The fourth-order valence-corrected chi connectivity index (χ4v) is 2.92. The third kappa shape index (κ3) is 3.63. The first-order valence-electron chi connectivity index (χ1n) is 8.31. The number of aromatic nitrogens is 4. The zero-order chi connectivity index (χ0) is 19.5. The quantitative estimate of drug-likeness (QED) is 0.516. The second kappa shape index (κ2) is 7.61. The van der Waals surface area contributed by atoms with Crippen LogP contribution in [-0.2, 0) is 22.6 Å². The van der Waals surface area contributed by atoms with E-state index in [1.807, 2.05) is 0 Å². The molecule has 1 N–H and O–H groups in total. The molecule has 0 aliphatic rings. The summed E-state index contributed by atoms with van der Waals surface area (Å²) >= 11 is 6.11. The Morgan fingerprint density at radius 1 is 1.11 bits per heavy atom. The summed E-state index contributed by atoms with van der Waals surface area (Å²) in [5.41, 5.74) is 0.725. The van der Waals surface area contributed by atoms with Crippen molar-refractivity contribution in [3.63, 3.8) is 0 Å². The lowest BCUT2D eigenvalue weighted by molar-refractivity contribution is -0.144. The van der Waals surface area contributed by atoms with Crippen molar-refractivity contribution in [2.45, 2.75) is 13.0 Å².